The predicted octanol–water partition coefficient (Wildman–Crippen LogP) is 3.73. The molecule has 2 N–H and O–H groups in total. The number of aliphatic hydroxyl groups is 1. The van der Waals surface area contributed by atoms with Gasteiger partial charge in [0.05, 0.1) is 6.10 Å². The molecule has 2 rings (SSSR count). The Morgan fingerprint density at radius 1 is 1.15 bits per heavy atom. The third-order valence-corrected chi connectivity index (χ3v) is 4.05. The van der Waals surface area contributed by atoms with Crippen LogP contribution in [-0.4, -0.2) is 36.7 Å². The first-order valence-corrected chi connectivity index (χ1v) is 8.27. The van der Waals surface area contributed by atoms with E-state index in [2.05, 4.69) is 31.3 Å². The van der Waals surface area contributed by atoms with Crippen LogP contribution in [0.2, 0.25) is 0 Å². The molecular weight excluding hydrogens is 352 g/mol. The third-order valence-electron chi connectivity index (χ3n) is 4.05. The van der Waals surface area contributed by atoms with Gasteiger partial charge in [0.25, 0.3) is 0 Å². The molecule has 0 aliphatic heterocycles. The summed E-state index contributed by atoms with van der Waals surface area (Å²) in [4.78, 5) is 13.0. The lowest BCUT2D eigenvalue weighted by atomic mass is 9.94. The minimum atomic E-state index is -0.707. The van der Waals surface area contributed by atoms with Crippen LogP contribution >= 0.6 is 12.4 Å². The number of ether oxygens (including phenoxy) is 1. The fourth-order valence-electron chi connectivity index (χ4n) is 2.40. The number of benzene rings is 2. The maximum Gasteiger partial charge on any atom is 0.414 e. The standard InChI is InChI=1S/C20H26N2O3.ClH/c1-20(2,16-10-6-5-7-11-16)21-14-18(23)15-9-8-12-17(13-15)25-19(24)22(3)4;/h5-13,18,21,23H,14H2,1-4H3;1H. The third kappa shape index (κ3) is 6.02. The molecule has 0 radical (unpaired) electrons. The summed E-state index contributed by atoms with van der Waals surface area (Å²) < 4.78 is 5.24. The number of nitrogens with zero attached hydrogens (tertiary/aromatic N) is 1. The smallest absolute Gasteiger partial charge is 0.410 e. The molecule has 0 aliphatic rings. The van der Waals surface area contributed by atoms with Gasteiger partial charge in [0.15, 0.2) is 0 Å². The molecule has 0 bridgehead atoms. The van der Waals surface area contributed by atoms with Crippen LogP contribution in [0.3, 0.4) is 0 Å². The normalized spacial score (nSPS) is 12.0. The molecule has 0 fully saturated rings. The zero-order valence-electron chi connectivity index (χ0n) is 15.6. The van der Waals surface area contributed by atoms with Crippen LogP contribution < -0.4 is 10.1 Å². The van der Waals surface area contributed by atoms with Gasteiger partial charge in [-0.25, -0.2) is 4.79 Å². The molecule has 0 aliphatic carbocycles. The van der Waals surface area contributed by atoms with Gasteiger partial charge >= 0.3 is 6.09 Å². The predicted molar refractivity (Wildman–Crippen MR) is 106 cm³/mol. The number of amides is 1. The van der Waals surface area contributed by atoms with Gasteiger partial charge in [-0.1, -0.05) is 42.5 Å². The molecule has 6 heteroatoms. The van der Waals surface area contributed by atoms with Crippen molar-refractivity contribution >= 4 is 18.5 Å². The van der Waals surface area contributed by atoms with E-state index in [-0.39, 0.29) is 17.9 Å². The van der Waals surface area contributed by atoms with Gasteiger partial charge in [0.2, 0.25) is 0 Å². The molecule has 1 amide bonds. The monoisotopic (exact) mass is 378 g/mol. The number of aliphatic hydroxyl groups excluding tert-OH is 1. The fourth-order valence-corrected chi connectivity index (χ4v) is 2.40. The highest BCUT2D eigenvalue weighted by molar-refractivity contribution is 5.85. The number of hydrogen-bond acceptors (Lipinski definition) is 4. The van der Waals surface area contributed by atoms with Gasteiger partial charge in [-0.05, 0) is 37.1 Å². The lowest BCUT2D eigenvalue weighted by Gasteiger charge is -2.28. The molecular formula is C20H27ClN2O3. The zero-order chi connectivity index (χ0) is 18.4. The Balaban J connectivity index is 0.00000338. The van der Waals surface area contributed by atoms with Crippen LogP contribution in [0.1, 0.15) is 31.1 Å². The summed E-state index contributed by atoms with van der Waals surface area (Å²) >= 11 is 0. The molecule has 0 aromatic heterocycles. The largest absolute Gasteiger partial charge is 0.414 e. The summed E-state index contributed by atoms with van der Waals surface area (Å²) in [5.41, 5.74) is 1.58. The molecule has 1 unspecified atom stereocenters. The van der Waals surface area contributed by atoms with E-state index in [9.17, 15) is 9.90 Å². The van der Waals surface area contributed by atoms with E-state index in [1.165, 1.54) is 4.90 Å². The number of carbonyl (C=O) groups is 1. The first-order chi connectivity index (χ1) is 11.8. The SMILES string of the molecule is CN(C)C(=O)Oc1cccc(C(O)CNC(C)(C)c2ccccc2)c1.Cl. The van der Waals surface area contributed by atoms with Crippen LogP contribution in [0.5, 0.6) is 5.75 Å². The Bertz CT molecular complexity index is 705. The minimum Gasteiger partial charge on any atom is -0.410 e. The Kier molecular flexibility index (Phi) is 8.08. The van der Waals surface area contributed by atoms with Gasteiger partial charge < -0.3 is 20.1 Å². The second-order valence-electron chi connectivity index (χ2n) is 6.72. The summed E-state index contributed by atoms with van der Waals surface area (Å²) in [6.45, 7) is 4.53. The molecule has 0 saturated carbocycles. The van der Waals surface area contributed by atoms with Crippen molar-refractivity contribution in [3.05, 3.63) is 65.7 Å². The van der Waals surface area contributed by atoms with E-state index in [0.717, 1.165) is 5.56 Å². The average Bonchev–Trinajstić information content (AvgIpc) is 2.60. The maximum atomic E-state index is 11.6. The fraction of sp³-hybridized carbons (Fsp3) is 0.350. The van der Waals surface area contributed by atoms with Gasteiger partial charge in [0.1, 0.15) is 5.75 Å². The Hall–Kier alpha value is -2.08. The van der Waals surface area contributed by atoms with Crippen LogP contribution in [0, 0.1) is 0 Å². The van der Waals surface area contributed by atoms with Crippen molar-refractivity contribution in [3.63, 3.8) is 0 Å². The first-order valence-electron chi connectivity index (χ1n) is 8.27. The highest BCUT2D eigenvalue weighted by Crippen LogP contribution is 2.23. The van der Waals surface area contributed by atoms with E-state index in [0.29, 0.717) is 17.9 Å². The number of carbonyl (C=O) groups excluding carboxylic acids is 1. The van der Waals surface area contributed by atoms with Gasteiger partial charge in [-0.15, -0.1) is 12.4 Å². The van der Waals surface area contributed by atoms with Gasteiger partial charge in [-0.2, -0.15) is 0 Å². The van der Waals surface area contributed by atoms with Crippen molar-refractivity contribution in [2.75, 3.05) is 20.6 Å². The van der Waals surface area contributed by atoms with Crippen molar-refractivity contribution in [3.8, 4) is 5.75 Å². The van der Waals surface area contributed by atoms with Gasteiger partial charge in [0, 0.05) is 26.2 Å². The average molecular weight is 379 g/mol. The maximum absolute atomic E-state index is 11.6. The van der Waals surface area contributed by atoms with E-state index in [4.69, 9.17) is 4.74 Å². The van der Waals surface area contributed by atoms with Crippen molar-refractivity contribution in [2.24, 2.45) is 0 Å². The number of hydrogen-bond donors (Lipinski definition) is 2. The van der Waals surface area contributed by atoms with E-state index >= 15 is 0 Å². The second-order valence-corrected chi connectivity index (χ2v) is 6.72. The Labute approximate surface area is 161 Å². The second kappa shape index (κ2) is 9.57. The zero-order valence-corrected chi connectivity index (χ0v) is 16.4. The van der Waals surface area contributed by atoms with Crippen LogP contribution in [0.4, 0.5) is 4.79 Å². The van der Waals surface area contributed by atoms with Crippen LogP contribution in [0.25, 0.3) is 0 Å². The van der Waals surface area contributed by atoms with Crippen LogP contribution in [-0.2, 0) is 5.54 Å². The summed E-state index contributed by atoms with van der Waals surface area (Å²) in [7, 11) is 3.24. The molecule has 2 aromatic carbocycles. The van der Waals surface area contributed by atoms with Crippen molar-refractivity contribution in [1.82, 2.24) is 10.2 Å². The highest BCUT2D eigenvalue weighted by atomic mass is 35.5. The number of rotatable bonds is 6. The molecule has 142 valence electrons. The quantitative estimate of drug-likeness (QED) is 0.804. The minimum absolute atomic E-state index is 0. The number of nitrogens with one attached hydrogen (secondary N) is 1. The molecule has 2 aromatic rings. The molecule has 0 saturated heterocycles. The molecule has 1 atom stereocenters. The van der Waals surface area contributed by atoms with Gasteiger partial charge in [-0.3, -0.25) is 0 Å². The van der Waals surface area contributed by atoms with Crippen molar-refractivity contribution in [2.45, 2.75) is 25.5 Å². The van der Waals surface area contributed by atoms with E-state index in [1.807, 2.05) is 24.3 Å². The summed E-state index contributed by atoms with van der Waals surface area (Å²) in [6.07, 6.45) is -1.16. The molecule has 0 spiro atoms. The van der Waals surface area contributed by atoms with Crippen LogP contribution in [0.15, 0.2) is 54.6 Å². The lowest BCUT2D eigenvalue weighted by molar-refractivity contribution is 0.159. The first kappa shape index (κ1) is 22.0. The van der Waals surface area contributed by atoms with E-state index in [1.54, 1.807) is 32.3 Å². The summed E-state index contributed by atoms with van der Waals surface area (Å²) in [6, 6.07) is 17.0. The molecule has 0 heterocycles. The van der Waals surface area contributed by atoms with E-state index < -0.39 is 12.2 Å². The van der Waals surface area contributed by atoms with Crippen molar-refractivity contribution < 1.29 is 14.6 Å². The highest BCUT2D eigenvalue weighted by Gasteiger charge is 2.21. The molecule has 26 heavy (non-hydrogen) atoms. The molecule has 5 nitrogen and oxygen atoms in total. The summed E-state index contributed by atoms with van der Waals surface area (Å²) in [5, 5.41) is 13.9. The summed E-state index contributed by atoms with van der Waals surface area (Å²) in [5.74, 6) is 0.414. The Morgan fingerprint density at radius 3 is 2.42 bits per heavy atom. The number of halogens is 1. The Morgan fingerprint density at radius 2 is 1.81 bits per heavy atom. The lowest BCUT2D eigenvalue weighted by Crippen LogP contribution is -2.39. The topological polar surface area (TPSA) is 61.8 Å². The van der Waals surface area contributed by atoms with Crippen molar-refractivity contribution in [1.29, 1.82) is 0 Å².